The predicted molar refractivity (Wildman–Crippen MR) is 109 cm³/mol. The second-order valence-electron chi connectivity index (χ2n) is 8.21. The van der Waals surface area contributed by atoms with E-state index in [0.29, 0.717) is 5.69 Å². The third-order valence-electron chi connectivity index (χ3n) is 6.28. The largest absolute Gasteiger partial charge is 0.348 e. The number of fused-ring (bicyclic) bond motifs is 2. The van der Waals surface area contributed by atoms with E-state index in [1.807, 2.05) is 35.7 Å². The molecule has 0 spiro atoms. The van der Waals surface area contributed by atoms with Crippen LogP contribution in [0, 0.1) is 6.92 Å². The van der Waals surface area contributed by atoms with Crippen LogP contribution >= 0.6 is 0 Å². The van der Waals surface area contributed by atoms with Gasteiger partial charge in [0.2, 0.25) is 0 Å². The van der Waals surface area contributed by atoms with Crippen LogP contribution in [-0.2, 0) is 12.8 Å². The van der Waals surface area contributed by atoms with Crippen LogP contribution in [0.25, 0.3) is 5.65 Å². The number of nitrogens with one attached hydrogen (secondary N) is 1. The molecule has 1 amide bonds. The van der Waals surface area contributed by atoms with Crippen molar-refractivity contribution >= 4 is 11.6 Å². The summed E-state index contributed by atoms with van der Waals surface area (Å²) < 4.78 is 3.53. The molecule has 0 atom stereocenters. The van der Waals surface area contributed by atoms with Crippen LogP contribution in [0.3, 0.4) is 0 Å². The van der Waals surface area contributed by atoms with Gasteiger partial charge in [-0.15, -0.1) is 0 Å². The van der Waals surface area contributed by atoms with Gasteiger partial charge in [0.15, 0.2) is 0 Å². The van der Waals surface area contributed by atoms with Gasteiger partial charge in [-0.1, -0.05) is 6.07 Å². The van der Waals surface area contributed by atoms with Gasteiger partial charge in [0.05, 0.1) is 17.4 Å². The first-order chi connectivity index (χ1) is 14.1. The Balaban J connectivity index is 1.27. The maximum Gasteiger partial charge on any atom is 0.270 e. The summed E-state index contributed by atoms with van der Waals surface area (Å²) in [5.41, 5.74) is 4.33. The lowest BCUT2D eigenvalue weighted by atomic mass is 9.91. The zero-order valence-corrected chi connectivity index (χ0v) is 16.6. The number of carbonyl (C=O) groups excluding carboxylic acids is 1. The highest BCUT2D eigenvalue weighted by Gasteiger charge is 2.27. The molecule has 1 fully saturated rings. The Hall–Kier alpha value is -2.96. The number of hydrogen-bond donors (Lipinski definition) is 1. The molecule has 29 heavy (non-hydrogen) atoms. The number of carbonyl (C=O) groups is 1. The van der Waals surface area contributed by atoms with E-state index in [4.69, 9.17) is 0 Å². The predicted octanol–water partition coefficient (Wildman–Crippen LogP) is 2.60. The van der Waals surface area contributed by atoms with E-state index in [-0.39, 0.29) is 23.6 Å². The highest BCUT2D eigenvalue weighted by molar-refractivity contribution is 5.94. The van der Waals surface area contributed by atoms with Crippen molar-refractivity contribution in [2.75, 3.05) is 0 Å². The van der Waals surface area contributed by atoms with Crippen molar-refractivity contribution in [2.45, 2.75) is 64.0 Å². The molecule has 150 valence electrons. The van der Waals surface area contributed by atoms with Gasteiger partial charge < -0.3 is 5.32 Å². The van der Waals surface area contributed by atoms with E-state index >= 15 is 0 Å². The average Bonchev–Trinajstić information content (AvgIpc) is 3.30. The summed E-state index contributed by atoms with van der Waals surface area (Å²) in [5.74, 6) is -0.0857. The Morgan fingerprint density at radius 3 is 2.83 bits per heavy atom. The minimum atomic E-state index is -0.0857. The first kappa shape index (κ1) is 18.1. The van der Waals surface area contributed by atoms with Gasteiger partial charge >= 0.3 is 0 Å². The maximum atomic E-state index is 12.9. The van der Waals surface area contributed by atoms with E-state index in [2.05, 4.69) is 15.4 Å². The molecule has 0 aliphatic heterocycles. The van der Waals surface area contributed by atoms with Crippen molar-refractivity contribution in [3.63, 3.8) is 0 Å². The fourth-order valence-corrected chi connectivity index (χ4v) is 4.78. The van der Waals surface area contributed by atoms with Crippen LogP contribution in [0.2, 0.25) is 0 Å². The molecule has 2 aliphatic carbocycles. The summed E-state index contributed by atoms with van der Waals surface area (Å²) in [6.07, 6.45) is 8.29. The summed E-state index contributed by atoms with van der Waals surface area (Å²) in [6, 6.07) is 7.72. The van der Waals surface area contributed by atoms with Gasteiger partial charge in [-0.25, -0.2) is 9.67 Å². The van der Waals surface area contributed by atoms with Crippen molar-refractivity contribution in [3.05, 3.63) is 63.5 Å². The molecule has 1 N–H and O–H groups in total. The fourth-order valence-electron chi connectivity index (χ4n) is 4.78. The molecule has 5 rings (SSSR count). The number of aromatic nitrogens is 4. The lowest BCUT2D eigenvalue weighted by Gasteiger charge is -2.29. The standard InChI is InChI=1S/C22H25N5O2/c1-14-21(26-12-3-2-7-19(26)23-14)22(29)24-16-8-10-17(11-9-16)27-20(28)13-15-5-4-6-18(15)25-27/h2-3,7,12-13,16-17H,4-6,8-11H2,1H3,(H,24,29). The first-order valence-corrected chi connectivity index (χ1v) is 10.5. The Labute approximate surface area is 168 Å². The number of hydrogen-bond acceptors (Lipinski definition) is 4. The molecule has 0 unspecified atom stereocenters. The molecule has 1 saturated carbocycles. The second-order valence-corrected chi connectivity index (χ2v) is 8.21. The van der Waals surface area contributed by atoms with Gasteiger partial charge in [-0.2, -0.15) is 5.10 Å². The SMILES string of the molecule is Cc1nc2ccccn2c1C(=O)NC1CCC(n2nc3c(cc2=O)CCC3)CC1. The summed E-state index contributed by atoms with van der Waals surface area (Å²) in [5, 5.41) is 7.83. The van der Waals surface area contributed by atoms with Crippen molar-refractivity contribution in [2.24, 2.45) is 0 Å². The van der Waals surface area contributed by atoms with Crippen LogP contribution < -0.4 is 10.9 Å². The third-order valence-corrected chi connectivity index (χ3v) is 6.28. The van der Waals surface area contributed by atoms with Gasteiger partial charge in [0, 0.05) is 18.3 Å². The van der Waals surface area contributed by atoms with E-state index in [1.54, 1.807) is 10.7 Å². The van der Waals surface area contributed by atoms with Gasteiger partial charge in [-0.3, -0.25) is 14.0 Å². The van der Waals surface area contributed by atoms with Crippen molar-refractivity contribution in [3.8, 4) is 0 Å². The molecule has 0 saturated heterocycles. The summed E-state index contributed by atoms with van der Waals surface area (Å²) in [7, 11) is 0. The second kappa shape index (κ2) is 7.13. The molecular formula is C22H25N5O2. The highest BCUT2D eigenvalue weighted by atomic mass is 16.2. The molecule has 2 aliphatic rings. The van der Waals surface area contributed by atoms with Crippen molar-refractivity contribution in [1.82, 2.24) is 24.5 Å². The number of imidazole rings is 1. The maximum absolute atomic E-state index is 12.9. The lowest BCUT2D eigenvalue weighted by Crippen LogP contribution is -2.40. The zero-order valence-electron chi connectivity index (χ0n) is 16.6. The van der Waals surface area contributed by atoms with Crippen LogP contribution in [-0.4, -0.2) is 31.1 Å². The van der Waals surface area contributed by atoms with Crippen LogP contribution in [0.15, 0.2) is 35.3 Å². The van der Waals surface area contributed by atoms with Crippen molar-refractivity contribution in [1.29, 1.82) is 0 Å². The smallest absolute Gasteiger partial charge is 0.270 e. The normalized spacial score (nSPS) is 21.3. The number of rotatable bonds is 3. The summed E-state index contributed by atoms with van der Waals surface area (Å²) in [6.45, 7) is 1.87. The topological polar surface area (TPSA) is 81.3 Å². The summed E-state index contributed by atoms with van der Waals surface area (Å²) in [4.78, 5) is 29.9. The monoisotopic (exact) mass is 391 g/mol. The Morgan fingerprint density at radius 2 is 2.00 bits per heavy atom. The van der Waals surface area contributed by atoms with Gasteiger partial charge in [0.25, 0.3) is 11.5 Å². The Morgan fingerprint density at radius 1 is 1.17 bits per heavy atom. The number of amides is 1. The molecule has 3 aromatic rings. The quantitative estimate of drug-likeness (QED) is 0.744. The number of nitrogens with zero attached hydrogens (tertiary/aromatic N) is 4. The van der Waals surface area contributed by atoms with Crippen LogP contribution in [0.5, 0.6) is 0 Å². The Kier molecular flexibility index (Phi) is 4.45. The molecule has 0 aromatic carbocycles. The van der Waals surface area contributed by atoms with E-state index < -0.39 is 0 Å². The third kappa shape index (κ3) is 3.24. The molecule has 7 heteroatoms. The number of aryl methyl sites for hydroxylation is 3. The molecule has 0 radical (unpaired) electrons. The number of pyridine rings is 1. The average molecular weight is 391 g/mol. The highest BCUT2D eigenvalue weighted by Crippen LogP contribution is 2.28. The van der Waals surface area contributed by atoms with Crippen molar-refractivity contribution < 1.29 is 4.79 Å². The van der Waals surface area contributed by atoms with E-state index in [0.717, 1.165) is 67.5 Å². The Bertz CT molecular complexity index is 1140. The molecule has 3 aromatic heterocycles. The first-order valence-electron chi connectivity index (χ1n) is 10.5. The molecule has 3 heterocycles. The molecule has 7 nitrogen and oxygen atoms in total. The van der Waals surface area contributed by atoms with E-state index in [9.17, 15) is 9.59 Å². The van der Waals surface area contributed by atoms with Gasteiger partial charge in [0.1, 0.15) is 11.3 Å². The minimum Gasteiger partial charge on any atom is -0.348 e. The molecular weight excluding hydrogens is 366 g/mol. The molecule has 0 bridgehead atoms. The van der Waals surface area contributed by atoms with Gasteiger partial charge in [-0.05, 0) is 69.6 Å². The summed E-state index contributed by atoms with van der Waals surface area (Å²) >= 11 is 0. The minimum absolute atomic E-state index is 0.0134. The lowest BCUT2D eigenvalue weighted by molar-refractivity contribution is 0.0914. The zero-order chi connectivity index (χ0) is 20.0. The van der Waals surface area contributed by atoms with Crippen LogP contribution in [0.1, 0.15) is 65.6 Å². The van der Waals surface area contributed by atoms with Crippen LogP contribution in [0.4, 0.5) is 0 Å². The van der Waals surface area contributed by atoms with E-state index in [1.165, 1.54) is 0 Å². The fraction of sp³-hybridized carbons (Fsp3) is 0.455.